The Morgan fingerprint density at radius 2 is 1.72 bits per heavy atom. The van der Waals surface area contributed by atoms with Gasteiger partial charge in [0.1, 0.15) is 23.8 Å². The molecular weight excluding hydrogens is 542 g/mol. The zero-order valence-corrected chi connectivity index (χ0v) is 25.1. The highest BCUT2D eigenvalue weighted by atomic mass is 16.2. The fourth-order valence-corrected chi connectivity index (χ4v) is 5.94. The van der Waals surface area contributed by atoms with E-state index in [2.05, 4.69) is 20.3 Å². The number of rotatable bonds is 9. The molecule has 0 radical (unpaired) electrons. The van der Waals surface area contributed by atoms with E-state index >= 15 is 0 Å². The fraction of sp³-hybridized carbons (Fsp3) is 0.375. The number of aryl methyl sites for hydroxylation is 1. The quantitative estimate of drug-likeness (QED) is 0.258. The number of carbonyl (C=O) groups is 2. The number of aromatic nitrogens is 3. The largest absolute Gasteiger partial charge is 0.383 e. The van der Waals surface area contributed by atoms with Gasteiger partial charge in [-0.15, -0.1) is 0 Å². The molecule has 2 unspecified atom stereocenters. The van der Waals surface area contributed by atoms with Gasteiger partial charge < -0.3 is 20.9 Å². The van der Waals surface area contributed by atoms with Gasteiger partial charge >= 0.3 is 0 Å². The summed E-state index contributed by atoms with van der Waals surface area (Å²) in [6, 6.07) is 10.8. The number of nitrogen functional groups attached to an aromatic ring is 1. The number of likely N-dealkylation sites (tertiary alicyclic amines) is 1. The number of amides is 2. The van der Waals surface area contributed by atoms with Crippen LogP contribution in [-0.4, -0.2) is 89.1 Å². The van der Waals surface area contributed by atoms with Crippen LogP contribution in [0.2, 0.25) is 0 Å². The Morgan fingerprint density at radius 3 is 2.37 bits per heavy atom. The van der Waals surface area contributed by atoms with Crippen LogP contribution in [0.5, 0.6) is 0 Å². The number of pyridine rings is 1. The van der Waals surface area contributed by atoms with Crippen LogP contribution in [0.4, 0.5) is 17.5 Å². The second kappa shape index (κ2) is 12.7. The van der Waals surface area contributed by atoms with Gasteiger partial charge in [-0.2, -0.15) is 0 Å². The van der Waals surface area contributed by atoms with Crippen molar-refractivity contribution >= 4 is 35.0 Å². The number of hydrogen-bond donors (Lipinski definition) is 3. The van der Waals surface area contributed by atoms with E-state index in [-0.39, 0.29) is 29.4 Å². The van der Waals surface area contributed by atoms with Crippen molar-refractivity contribution < 1.29 is 9.59 Å². The Hall–Kier alpha value is -4.64. The van der Waals surface area contributed by atoms with Gasteiger partial charge in [-0.05, 0) is 75.5 Å². The first-order chi connectivity index (χ1) is 20.6. The minimum atomic E-state index is -0.197. The summed E-state index contributed by atoms with van der Waals surface area (Å²) in [5.74, 6) is 2.02. The SMILES string of the molecule is Cc1ccnc(N(C)C(=O)c2ccc(C(=N)c3c(N)ncnc3NC3CC4CN(C(=O)C=CCN(C)C)CC4C3)cc2)c1. The molecule has 1 saturated heterocycles. The van der Waals surface area contributed by atoms with Crippen LogP contribution in [0.1, 0.15) is 39.9 Å². The molecule has 4 N–H and O–H groups in total. The molecule has 3 heterocycles. The molecule has 1 aliphatic carbocycles. The highest BCUT2D eigenvalue weighted by molar-refractivity contribution is 6.16. The number of benzene rings is 1. The highest BCUT2D eigenvalue weighted by Crippen LogP contribution is 2.39. The van der Waals surface area contributed by atoms with Crippen molar-refractivity contribution in [2.75, 3.05) is 56.7 Å². The summed E-state index contributed by atoms with van der Waals surface area (Å²) in [5.41, 5.74) is 8.98. The molecule has 2 fully saturated rings. The number of nitrogens with zero attached hydrogens (tertiary/aromatic N) is 6. The maximum atomic E-state index is 13.1. The number of likely N-dealkylation sites (N-methyl/N-ethyl adjacent to an activating group) is 1. The van der Waals surface area contributed by atoms with E-state index in [9.17, 15) is 9.59 Å². The lowest BCUT2D eigenvalue weighted by atomic mass is 10.0. The van der Waals surface area contributed by atoms with Gasteiger partial charge in [-0.1, -0.05) is 18.2 Å². The van der Waals surface area contributed by atoms with Gasteiger partial charge in [-0.3, -0.25) is 19.9 Å². The summed E-state index contributed by atoms with van der Waals surface area (Å²) in [4.78, 5) is 44.1. The zero-order valence-electron chi connectivity index (χ0n) is 25.1. The molecule has 3 aromatic rings. The lowest BCUT2D eigenvalue weighted by Crippen LogP contribution is -2.30. The Kier molecular flexibility index (Phi) is 8.81. The normalized spacial score (nSPS) is 19.6. The molecule has 5 rings (SSSR count). The highest BCUT2D eigenvalue weighted by Gasteiger charge is 2.42. The molecular formula is C32H39N9O2. The number of hydrogen-bond acceptors (Lipinski definition) is 9. The number of nitrogens with two attached hydrogens (primary N) is 1. The second-order valence-electron chi connectivity index (χ2n) is 11.7. The van der Waals surface area contributed by atoms with Crippen LogP contribution >= 0.6 is 0 Å². The number of nitrogens with one attached hydrogen (secondary N) is 2. The summed E-state index contributed by atoms with van der Waals surface area (Å²) in [7, 11) is 5.64. The minimum Gasteiger partial charge on any atom is -0.383 e. The monoisotopic (exact) mass is 581 g/mol. The van der Waals surface area contributed by atoms with Gasteiger partial charge in [0, 0.05) is 56.1 Å². The van der Waals surface area contributed by atoms with Crippen molar-refractivity contribution in [3.8, 4) is 0 Å². The predicted molar refractivity (Wildman–Crippen MR) is 168 cm³/mol. The van der Waals surface area contributed by atoms with E-state index < -0.39 is 0 Å². The molecule has 2 aromatic heterocycles. The second-order valence-corrected chi connectivity index (χ2v) is 11.7. The predicted octanol–water partition coefficient (Wildman–Crippen LogP) is 3.22. The molecule has 224 valence electrons. The van der Waals surface area contributed by atoms with Crippen molar-refractivity contribution in [2.45, 2.75) is 25.8 Å². The molecule has 2 atom stereocenters. The van der Waals surface area contributed by atoms with Gasteiger partial charge in [0.15, 0.2) is 0 Å². The third-order valence-electron chi connectivity index (χ3n) is 8.23. The lowest BCUT2D eigenvalue weighted by molar-refractivity contribution is -0.125. The third kappa shape index (κ3) is 6.72. The third-order valence-corrected chi connectivity index (χ3v) is 8.23. The van der Waals surface area contributed by atoms with Gasteiger partial charge in [0.2, 0.25) is 5.91 Å². The summed E-state index contributed by atoms with van der Waals surface area (Å²) in [5, 5.41) is 12.5. The van der Waals surface area contributed by atoms with Crippen LogP contribution in [0.3, 0.4) is 0 Å². The van der Waals surface area contributed by atoms with E-state index in [4.69, 9.17) is 11.1 Å². The molecule has 2 aliphatic rings. The van der Waals surface area contributed by atoms with E-state index in [1.165, 1.54) is 11.2 Å². The van der Waals surface area contributed by atoms with Crippen LogP contribution < -0.4 is 16.0 Å². The molecule has 1 aromatic carbocycles. The van der Waals surface area contributed by atoms with E-state index in [1.807, 2.05) is 49.0 Å². The standard InChI is InChI=1S/C32H39N9O2/c1-20-11-12-35-26(14-20)40(4)32(43)22-9-7-21(8-10-22)29(33)28-30(34)36-19-37-31(28)38-25-15-23-17-41(18-24(23)16-25)27(42)6-5-13-39(2)3/h5-12,14,19,23-25,33H,13,15-18H2,1-4H3,(H3,34,36,37,38). The molecule has 0 bridgehead atoms. The maximum Gasteiger partial charge on any atom is 0.259 e. The smallest absolute Gasteiger partial charge is 0.259 e. The lowest BCUT2D eigenvalue weighted by Gasteiger charge is -2.21. The molecule has 1 aliphatic heterocycles. The first kappa shape index (κ1) is 29.8. The Labute approximate surface area is 252 Å². The van der Waals surface area contributed by atoms with Crippen molar-refractivity contribution in [2.24, 2.45) is 11.8 Å². The van der Waals surface area contributed by atoms with Crippen molar-refractivity contribution in [1.82, 2.24) is 24.8 Å². The van der Waals surface area contributed by atoms with Crippen LogP contribution in [0, 0.1) is 24.2 Å². The van der Waals surface area contributed by atoms with Crippen LogP contribution in [0.15, 0.2) is 61.1 Å². The van der Waals surface area contributed by atoms with Gasteiger partial charge in [0.25, 0.3) is 5.91 Å². The molecule has 11 nitrogen and oxygen atoms in total. The fourth-order valence-electron chi connectivity index (χ4n) is 5.94. The summed E-state index contributed by atoms with van der Waals surface area (Å²) in [6.07, 6.45) is 8.49. The topological polar surface area (TPSA) is 144 Å². The van der Waals surface area contributed by atoms with Crippen LogP contribution in [0.25, 0.3) is 0 Å². The first-order valence-corrected chi connectivity index (χ1v) is 14.5. The van der Waals surface area contributed by atoms with Crippen molar-refractivity contribution in [1.29, 1.82) is 5.41 Å². The Balaban J connectivity index is 1.24. The first-order valence-electron chi connectivity index (χ1n) is 14.5. The summed E-state index contributed by atoms with van der Waals surface area (Å²) >= 11 is 0. The maximum absolute atomic E-state index is 13.1. The summed E-state index contributed by atoms with van der Waals surface area (Å²) in [6.45, 7) is 4.20. The molecule has 11 heteroatoms. The van der Waals surface area contributed by atoms with Crippen molar-refractivity contribution in [3.05, 3.63) is 83.3 Å². The van der Waals surface area contributed by atoms with E-state index in [1.54, 1.807) is 43.6 Å². The number of anilines is 3. The Bertz CT molecular complexity index is 1520. The minimum absolute atomic E-state index is 0.0752. The molecule has 1 saturated carbocycles. The average molecular weight is 582 g/mol. The van der Waals surface area contributed by atoms with E-state index in [0.29, 0.717) is 40.2 Å². The Morgan fingerprint density at radius 1 is 1.05 bits per heavy atom. The van der Waals surface area contributed by atoms with E-state index in [0.717, 1.165) is 38.0 Å². The summed E-state index contributed by atoms with van der Waals surface area (Å²) < 4.78 is 0. The van der Waals surface area contributed by atoms with Gasteiger partial charge in [-0.25, -0.2) is 15.0 Å². The number of fused-ring (bicyclic) bond motifs is 1. The number of carbonyl (C=O) groups excluding carboxylic acids is 2. The zero-order chi connectivity index (χ0) is 30.7. The van der Waals surface area contributed by atoms with Crippen molar-refractivity contribution in [3.63, 3.8) is 0 Å². The van der Waals surface area contributed by atoms with Gasteiger partial charge in [0.05, 0.1) is 11.3 Å². The van der Waals surface area contributed by atoms with Crippen LogP contribution in [-0.2, 0) is 4.79 Å². The average Bonchev–Trinajstić information content (AvgIpc) is 3.55. The molecule has 0 spiro atoms. The molecule has 2 amide bonds. The molecule has 43 heavy (non-hydrogen) atoms.